The molecule has 1 aliphatic heterocycles. The lowest BCUT2D eigenvalue weighted by Crippen LogP contribution is -2.53. The SMILES string of the molecule is COc1ccc(C(=O)NC(C(=O)N2CCC(C(=O)c3ccc(Cl)c(Cl)c3)CC2)C(C)C)cc1. The number of amides is 2. The number of rotatable bonds is 7. The summed E-state index contributed by atoms with van der Waals surface area (Å²) in [5, 5.41) is 3.63. The third-order valence-electron chi connectivity index (χ3n) is 5.95. The number of piperidine rings is 1. The molecule has 0 radical (unpaired) electrons. The van der Waals surface area contributed by atoms with Gasteiger partial charge in [-0.2, -0.15) is 0 Å². The summed E-state index contributed by atoms with van der Waals surface area (Å²) in [4.78, 5) is 40.5. The fourth-order valence-corrected chi connectivity index (χ4v) is 4.22. The van der Waals surface area contributed by atoms with E-state index in [0.717, 1.165) is 0 Å². The number of nitrogens with zero attached hydrogens (tertiary/aromatic N) is 1. The fraction of sp³-hybridized carbons (Fsp3) is 0.400. The van der Waals surface area contributed by atoms with E-state index in [1.54, 1.807) is 54.5 Å². The molecular weight excluding hydrogens is 463 g/mol. The Morgan fingerprint density at radius 1 is 0.970 bits per heavy atom. The van der Waals surface area contributed by atoms with Gasteiger partial charge in [0.25, 0.3) is 5.91 Å². The Morgan fingerprint density at radius 3 is 2.12 bits per heavy atom. The van der Waals surface area contributed by atoms with E-state index < -0.39 is 6.04 Å². The fourth-order valence-electron chi connectivity index (χ4n) is 3.92. The molecule has 0 bridgehead atoms. The molecule has 0 saturated carbocycles. The summed E-state index contributed by atoms with van der Waals surface area (Å²) in [5.74, 6) is -0.0511. The van der Waals surface area contributed by atoms with Crippen molar-refractivity contribution in [3.8, 4) is 5.75 Å². The van der Waals surface area contributed by atoms with Gasteiger partial charge in [-0.15, -0.1) is 0 Å². The summed E-state index contributed by atoms with van der Waals surface area (Å²) in [5.41, 5.74) is 0.987. The van der Waals surface area contributed by atoms with Crippen molar-refractivity contribution in [3.05, 3.63) is 63.6 Å². The molecule has 2 aromatic rings. The zero-order chi connectivity index (χ0) is 24.1. The first-order valence-electron chi connectivity index (χ1n) is 10.9. The van der Waals surface area contributed by atoms with Crippen LogP contribution in [0.15, 0.2) is 42.5 Å². The van der Waals surface area contributed by atoms with Crippen LogP contribution >= 0.6 is 23.2 Å². The lowest BCUT2D eigenvalue weighted by molar-refractivity contribution is -0.135. The number of hydrogen-bond donors (Lipinski definition) is 1. The van der Waals surface area contributed by atoms with Crippen LogP contribution in [0.25, 0.3) is 0 Å². The van der Waals surface area contributed by atoms with Gasteiger partial charge in [0.05, 0.1) is 17.2 Å². The average Bonchev–Trinajstić information content (AvgIpc) is 2.83. The van der Waals surface area contributed by atoms with Crippen LogP contribution in [0.3, 0.4) is 0 Å². The lowest BCUT2D eigenvalue weighted by Gasteiger charge is -2.35. The first kappa shape index (κ1) is 25.1. The van der Waals surface area contributed by atoms with Crippen LogP contribution in [-0.2, 0) is 4.79 Å². The highest BCUT2D eigenvalue weighted by atomic mass is 35.5. The predicted molar refractivity (Wildman–Crippen MR) is 129 cm³/mol. The number of hydrogen-bond acceptors (Lipinski definition) is 4. The van der Waals surface area contributed by atoms with Gasteiger partial charge in [0.15, 0.2) is 5.78 Å². The van der Waals surface area contributed by atoms with Gasteiger partial charge in [0.1, 0.15) is 11.8 Å². The van der Waals surface area contributed by atoms with Crippen molar-refractivity contribution in [2.45, 2.75) is 32.7 Å². The highest BCUT2D eigenvalue weighted by molar-refractivity contribution is 6.42. The van der Waals surface area contributed by atoms with Crippen LogP contribution in [0.2, 0.25) is 10.0 Å². The molecule has 0 aliphatic carbocycles. The van der Waals surface area contributed by atoms with Crippen molar-refractivity contribution in [3.63, 3.8) is 0 Å². The highest BCUT2D eigenvalue weighted by Gasteiger charge is 2.33. The molecule has 8 heteroatoms. The molecule has 33 heavy (non-hydrogen) atoms. The van der Waals surface area contributed by atoms with Gasteiger partial charge in [-0.1, -0.05) is 37.0 Å². The minimum atomic E-state index is -0.651. The molecule has 2 aromatic carbocycles. The summed E-state index contributed by atoms with van der Waals surface area (Å²) in [6.07, 6.45) is 1.12. The minimum Gasteiger partial charge on any atom is -0.497 e. The molecule has 1 aliphatic rings. The summed E-state index contributed by atoms with van der Waals surface area (Å²) >= 11 is 12.0. The Balaban J connectivity index is 1.61. The molecular formula is C25H28Cl2N2O4. The van der Waals surface area contributed by atoms with Crippen molar-refractivity contribution in [1.82, 2.24) is 10.2 Å². The molecule has 3 rings (SSSR count). The second-order valence-electron chi connectivity index (χ2n) is 8.52. The average molecular weight is 491 g/mol. The Labute approximate surface area is 204 Å². The molecule has 1 heterocycles. The lowest BCUT2D eigenvalue weighted by atomic mass is 9.88. The Morgan fingerprint density at radius 2 is 1.58 bits per heavy atom. The minimum absolute atomic E-state index is 0.00823. The van der Waals surface area contributed by atoms with Gasteiger partial charge in [0, 0.05) is 30.1 Å². The van der Waals surface area contributed by atoms with Gasteiger partial charge < -0.3 is 15.0 Å². The Bertz CT molecular complexity index is 1020. The predicted octanol–water partition coefficient (Wildman–Crippen LogP) is 4.88. The maximum atomic E-state index is 13.2. The number of carbonyl (C=O) groups excluding carboxylic acids is 3. The quantitative estimate of drug-likeness (QED) is 0.561. The normalized spacial score (nSPS) is 15.3. The molecule has 2 amide bonds. The first-order chi connectivity index (χ1) is 15.7. The smallest absolute Gasteiger partial charge is 0.251 e. The number of Topliss-reactive ketones (excluding diaryl/α,β-unsaturated/α-hetero) is 1. The third-order valence-corrected chi connectivity index (χ3v) is 6.69. The number of halogens is 2. The van der Waals surface area contributed by atoms with Crippen LogP contribution in [0, 0.1) is 11.8 Å². The summed E-state index contributed by atoms with van der Waals surface area (Å²) in [7, 11) is 1.56. The van der Waals surface area contributed by atoms with Crippen molar-refractivity contribution < 1.29 is 19.1 Å². The Kier molecular flexibility index (Phi) is 8.38. The van der Waals surface area contributed by atoms with E-state index in [1.165, 1.54) is 0 Å². The maximum absolute atomic E-state index is 13.2. The number of methoxy groups -OCH3 is 1. The number of ketones is 1. The van der Waals surface area contributed by atoms with E-state index in [0.29, 0.717) is 52.9 Å². The number of benzene rings is 2. The first-order valence-corrected chi connectivity index (χ1v) is 11.7. The van der Waals surface area contributed by atoms with Crippen LogP contribution < -0.4 is 10.1 Å². The zero-order valence-corrected chi connectivity index (χ0v) is 20.4. The number of likely N-dealkylation sites (tertiary alicyclic amines) is 1. The van der Waals surface area contributed by atoms with Crippen LogP contribution in [0.5, 0.6) is 5.75 Å². The second-order valence-corrected chi connectivity index (χ2v) is 9.33. The monoisotopic (exact) mass is 490 g/mol. The zero-order valence-electron chi connectivity index (χ0n) is 18.9. The molecule has 176 valence electrons. The van der Waals surface area contributed by atoms with E-state index in [1.807, 2.05) is 13.8 Å². The van der Waals surface area contributed by atoms with E-state index in [9.17, 15) is 14.4 Å². The van der Waals surface area contributed by atoms with Crippen molar-refractivity contribution in [2.24, 2.45) is 11.8 Å². The second kappa shape index (κ2) is 11.0. The highest BCUT2D eigenvalue weighted by Crippen LogP contribution is 2.27. The van der Waals surface area contributed by atoms with E-state index >= 15 is 0 Å². The van der Waals surface area contributed by atoms with Gasteiger partial charge >= 0.3 is 0 Å². The molecule has 6 nitrogen and oxygen atoms in total. The van der Waals surface area contributed by atoms with Crippen LogP contribution in [0.1, 0.15) is 47.4 Å². The molecule has 1 unspecified atom stereocenters. The summed E-state index contributed by atoms with van der Waals surface area (Å²) < 4.78 is 5.12. The van der Waals surface area contributed by atoms with Gasteiger partial charge in [-0.05, 0) is 61.2 Å². The largest absolute Gasteiger partial charge is 0.497 e. The number of nitrogens with one attached hydrogen (secondary N) is 1. The Hall–Kier alpha value is -2.57. The van der Waals surface area contributed by atoms with E-state index in [-0.39, 0.29) is 29.4 Å². The van der Waals surface area contributed by atoms with Crippen LogP contribution in [0.4, 0.5) is 0 Å². The molecule has 0 aromatic heterocycles. The number of ether oxygens (including phenoxy) is 1. The molecule has 1 N–H and O–H groups in total. The van der Waals surface area contributed by atoms with E-state index in [4.69, 9.17) is 27.9 Å². The van der Waals surface area contributed by atoms with Crippen molar-refractivity contribution in [1.29, 1.82) is 0 Å². The molecule has 1 fully saturated rings. The van der Waals surface area contributed by atoms with Gasteiger partial charge in [-0.3, -0.25) is 14.4 Å². The third kappa shape index (κ3) is 6.06. The van der Waals surface area contributed by atoms with Crippen LogP contribution in [-0.4, -0.2) is 48.7 Å². The van der Waals surface area contributed by atoms with E-state index in [2.05, 4.69) is 5.32 Å². The maximum Gasteiger partial charge on any atom is 0.251 e. The number of carbonyl (C=O) groups is 3. The molecule has 1 saturated heterocycles. The van der Waals surface area contributed by atoms with Crippen molar-refractivity contribution >= 4 is 40.8 Å². The molecule has 0 spiro atoms. The van der Waals surface area contributed by atoms with Gasteiger partial charge in [0.2, 0.25) is 5.91 Å². The standard InChI is InChI=1S/C25H28Cl2N2O4/c1-15(2)22(28-24(31)17-4-7-19(33-3)8-5-17)25(32)29-12-10-16(11-13-29)23(30)18-6-9-20(26)21(27)14-18/h4-9,14-16,22H,10-13H2,1-3H3,(H,28,31). The van der Waals surface area contributed by atoms with Crippen molar-refractivity contribution in [2.75, 3.05) is 20.2 Å². The summed E-state index contributed by atoms with van der Waals surface area (Å²) in [6, 6.07) is 11.0. The molecule has 1 atom stereocenters. The topological polar surface area (TPSA) is 75.7 Å². The van der Waals surface area contributed by atoms with Gasteiger partial charge in [-0.25, -0.2) is 0 Å². The summed E-state index contributed by atoms with van der Waals surface area (Å²) in [6.45, 7) is 4.71.